The summed E-state index contributed by atoms with van der Waals surface area (Å²) in [6, 6.07) is 6.78. The van der Waals surface area contributed by atoms with Crippen molar-refractivity contribution >= 4 is 27.3 Å². The van der Waals surface area contributed by atoms with Crippen LogP contribution >= 0.6 is 27.3 Å². The molecule has 0 aliphatic rings. The van der Waals surface area contributed by atoms with Crippen molar-refractivity contribution in [2.45, 2.75) is 26.7 Å². The Morgan fingerprint density at radius 3 is 2.42 bits per heavy atom. The van der Waals surface area contributed by atoms with Gasteiger partial charge in [0.1, 0.15) is 5.82 Å². The molecule has 4 heteroatoms. The maximum Gasteiger partial charge on any atom is 0.123 e. The van der Waals surface area contributed by atoms with Gasteiger partial charge in [-0.15, -0.1) is 11.3 Å². The largest absolute Gasteiger partial charge is 0.246 e. The molecule has 2 rings (SSSR count). The average molecular weight is 342 g/mol. The number of rotatable bonds is 5. The molecule has 1 unspecified atom stereocenters. The van der Waals surface area contributed by atoms with Crippen LogP contribution in [-0.2, 0) is 12.8 Å². The molecule has 0 bridgehead atoms. The second kappa shape index (κ2) is 6.62. The lowest BCUT2D eigenvalue weighted by atomic mass is 9.98. The summed E-state index contributed by atoms with van der Waals surface area (Å²) in [6.07, 6.45) is 1.92. The quantitative estimate of drug-likeness (QED) is 0.718. The maximum atomic E-state index is 12.9. The summed E-state index contributed by atoms with van der Waals surface area (Å²) in [5.41, 5.74) is 2.31. The van der Waals surface area contributed by atoms with Gasteiger partial charge in [-0.25, -0.2) is 9.37 Å². The minimum atomic E-state index is -0.176. The Morgan fingerprint density at radius 1 is 1.21 bits per heavy atom. The van der Waals surface area contributed by atoms with E-state index in [2.05, 4.69) is 34.8 Å². The van der Waals surface area contributed by atoms with Gasteiger partial charge in [-0.05, 0) is 43.9 Å². The summed E-state index contributed by atoms with van der Waals surface area (Å²) in [5, 5.41) is 2.13. The van der Waals surface area contributed by atoms with Gasteiger partial charge in [-0.2, -0.15) is 0 Å². The molecule has 0 aliphatic heterocycles. The minimum absolute atomic E-state index is 0.176. The molecule has 0 amide bonds. The first-order chi connectivity index (χ1) is 9.08. The molecule has 0 spiro atoms. The first-order valence-electron chi connectivity index (χ1n) is 6.31. The highest BCUT2D eigenvalue weighted by Gasteiger charge is 2.13. The number of alkyl halides is 1. The van der Waals surface area contributed by atoms with Gasteiger partial charge in [0.05, 0.1) is 10.7 Å². The summed E-state index contributed by atoms with van der Waals surface area (Å²) in [5.74, 6) is 0.320. The Bertz CT molecular complexity index is 516. The lowest BCUT2D eigenvalue weighted by Gasteiger charge is -2.12. The third-order valence-electron chi connectivity index (χ3n) is 3.19. The molecule has 1 atom stereocenters. The van der Waals surface area contributed by atoms with Gasteiger partial charge in [0.25, 0.3) is 0 Å². The van der Waals surface area contributed by atoms with Crippen LogP contribution in [0.3, 0.4) is 0 Å². The van der Waals surface area contributed by atoms with E-state index in [1.165, 1.54) is 27.6 Å². The summed E-state index contributed by atoms with van der Waals surface area (Å²) in [4.78, 5) is 5.89. The fourth-order valence-corrected chi connectivity index (χ4v) is 3.51. The van der Waals surface area contributed by atoms with E-state index >= 15 is 0 Å². The highest BCUT2D eigenvalue weighted by atomic mass is 79.9. The molecule has 102 valence electrons. The van der Waals surface area contributed by atoms with E-state index in [0.717, 1.165) is 23.9 Å². The summed E-state index contributed by atoms with van der Waals surface area (Å²) < 4.78 is 12.9. The van der Waals surface area contributed by atoms with Crippen molar-refractivity contribution in [2.24, 2.45) is 5.92 Å². The van der Waals surface area contributed by atoms with Crippen LogP contribution in [0.15, 0.2) is 24.3 Å². The van der Waals surface area contributed by atoms with E-state index in [9.17, 15) is 4.39 Å². The van der Waals surface area contributed by atoms with Crippen molar-refractivity contribution in [1.29, 1.82) is 0 Å². The van der Waals surface area contributed by atoms with Crippen molar-refractivity contribution in [1.82, 2.24) is 4.98 Å². The lowest BCUT2D eigenvalue weighted by molar-refractivity contribution is 0.585. The Morgan fingerprint density at radius 2 is 1.89 bits per heavy atom. The molecule has 19 heavy (non-hydrogen) atoms. The van der Waals surface area contributed by atoms with Crippen molar-refractivity contribution in [2.75, 3.05) is 5.33 Å². The zero-order valence-corrected chi connectivity index (χ0v) is 13.5. The number of nitrogens with zero attached hydrogens (tertiary/aromatic N) is 1. The van der Waals surface area contributed by atoms with E-state index in [4.69, 9.17) is 0 Å². The van der Waals surface area contributed by atoms with Gasteiger partial charge in [-0.3, -0.25) is 0 Å². The standard InChI is InChI=1S/C15H17BrFNS/c1-10-11(2)19-15(18-10)8-13(9-16)7-12-3-5-14(17)6-4-12/h3-6,13H,7-9H2,1-2H3. The highest BCUT2D eigenvalue weighted by molar-refractivity contribution is 9.09. The molecule has 1 heterocycles. The van der Waals surface area contributed by atoms with Crippen LogP contribution in [0.1, 0.15) is 21.1 Å². The highest BCUT2D eigenvalue weighted by Crippen LogP contribution is 2.22. The van der Waals surface area contributed by atoms with Gasteiger partial charge < -0.3 is 0 Å². The monoisotopic (exact) mass is 341 g/mol. The molecule has 0 N–H and O–H groups in total. The number of halogens is 2. The summed E-state index contributed by atoms with van der Waals surface area (Å²) in [6.45, 7) is 4.16. The number of benzene rings is 1. The zero-order valence-electron chi connectivity index (χ0n) is 11.1. The first-order valence-corrected chi connectivity index (χ1v) is 8.25. The Labute approximate surface area is 126 Å². The fraction of sp³-hybridized carbons (Fsp3) is 0.400. The van der Waals surface area contributed by atoms with Crippen LogP contribution in [0.2, 0.25) is 0 Å². The molecular weight excluding hydrogens is 325 g/mol. The van der Waals surface area contributed by atoms with Crippen LogP contribution in [0.25, 0.3) is 0 Å². The lowest BCUT2D eigenvalue weighted by Crippen LogP contribution is -2.09. The average Bonchev–Trinajstić information content (AvgIpc) is 2.70. The molecule has 0 fully saturated rings. The molecule has 1 aromatic heterocycles. The third kappa shape index (κ3) is 4.11. The Hall–Kier alpha value is -0.740. The van der Waals surface area contributed by atoms with Crippen LogP contribution in [0, 0.1) is 25.6 Å². The molecule has 1 nitrogen and oxygen atoms in total. The smallest absolute Gasteiger partial charge is 0.123 e. The van der Waals surface area contributed by atoms with Crippen molar-refractivity contribution in [3.8, 4) is 0 Å². The molecule has 0 saturated carbocycles. The predicted octanol–water partition coefficient (Wildman–Crippen LogP) is 4.70. The van der Waals surface area contributed by atoms with Crippen molar-refractivity contribution in [3.05, 3.63) is 51.2 Å². The molecule has 0 radical (unpaired) electrons. The van der Waals surface area contributed by atoms with Gasteiger partial charge in [0.2, 0.25) is 0 Å². The van der Waals surface area contributed by atoms with E-state index in [1.807, 2.05) is 12.1 Å². The van der Waals surface area contributed by atoms with Crippen LogP contribution < -0.4 is 0 Å². The Balaban J connectivity index is 2.02. The van der Waals surface area contributed by atoms with E-state index in [0.29, 0.717) is 5.92 Å². The van der Waals surface area contributed by atoms with Gasteiger partial charge in [0.15, 0.2) is 0 Å². The van der Waals surface area contributed by atoms with Crippen LogP contribution in [0.5, 0.6) is 0 Å². The second-order valence-electron chi connectivity index (χ2n) is 4.80. The van der Waals surface area contributed by atoms with Crippen molar-refractivity contribution < 1.29 is 4.39 Å². The van der Waals surface area contributed by atoms with E-state index in [1.54, 1.807) is 11.3 Å². The number of aromatic nitrogens is 1. The van der Waals surface area contributed by atoms with E-state index < -0.39 is 0 Å². The third-order valence-corrected chi connectivity index (χ3v) is 5.20. The second-order valence-corrected chi connectivity index (χ2v) is 6.74. The number of hydrogen-bond donors (Lipinski definition) is 0. The molecule has 0 saturated heterocycles. The van der Waals surface area contributed by atoms with Crippen LogP contribution in [-0.4, -0.2) is 10.3 Å². The molecule has 0 aliphatic carbocycles. The topological polar surface area (TPSA) is 12.9 Å². The summed E-state index contributed by atoms with van der Waals surface area (Å²) in [7, 11) is 0. The van der Waals surface area contributed by atoms with Gasteiger partial charge in [0, 0.05) is 16.6 Å². The zero-order chi connectivity index (χ0) is 13.8. The normalized spacial score (nSPS) is 12.6. The first kappa shape index (κ1) is 14.7. The van der Waals surface area contributed by atoms with Crippen LogP contribution in [0.4, 0.5) is 4.39 Å². The van der Waals surface area contributed by atoms with Gasteiger partial charge >= 0.3 is 0 Å². The molecule has 1 aromatic carbocycles. The minimum Gasteiger partial charge on any atom is -0.246 e. The van der Waals surface area contributed by atoms with Crippen molar-refractivity contribution in [3.63, 3.8) is 0 Å². The van der Waals surface area contributed by atoms with Gasteiger partial charge in [-0.1, -0.05) is 28.1 Å². The summed E-state index contributed by atoms with van der Waals surface area (Å²) >= 11 is 5.35. The fourth-order valence-electron chi connectivity index (χ4n) is 2.01. The number of thiazole rings is 1. The SMILES string of the molecule is Cc1nc(CC(CBr)Cc2ccc(F)cc2)sc1C. The number of aryl methyl sites for hydroxylation is 2. The Kier molecular flexibility index (Phi) is 5.11. The van der Waals surface area contributed by atoms with E-state index in [-0.39, 0.29) is 5.82 Å². The maximum absolute atomic E-state index is 12.9. The predicted molar refractivity (Wildman–Crippen MR) is 82.7 cm³/mol. The molecule has 2 aromatic rings. The molecular formula is C15H17BrFNS. The number of hydrogen-bond acceptors (Lipinski definition) is 2.